The van der Waals surface area contributed by atoms with Crippen molar-refractivity contribution >= 4 is 63.2 Å². The molecule has 5 nitrogen and oxygen atoms in total. The second-order valence-corrected chi connectivity index (χ2v) is 8.02. The topological polar surface area (TPSA) is 75.3 Å². The fourth-order valence-electron chi connectivity index (χ4n) is 1.99. The molecule has 0 heterocycles. The van der Waals surface area contributed by atoms with Crippen molar-refractivity contribution < 1.29 is 31.4 Å². The second-order valence-electron chi connectivity index (χ2n) is 5.28. The highest BCUT2D eigenvalue weighted by Gasteiger charge is 2.48. The summed E-state index contributed by atoms with van der Waals surface area (Å²) in [7, 11) is -3.50. The van der Waals surface area contributed by atoms with Crippen molar-refractivity contribution in [2.24, 2.45) is 0 Å². The van der Waals surface area contributed by atoms with E-state index < -0.39 is 44.3 Å². The van der Waals surface area contributed by atoms with Crippen LogP contribution < -0.4 is 10.6 Å². The van der Waals surface area contributed by atoms with Gasteiger partial charge in [-0.05, 0) is 30.3 Å². The van der Waals surface area contributed by atoms with Gasteiger partial charge in [0.2, 0.25) is 0 Å². The van der Waals surface area contributed by atoms with Gasteiger partial charge in [-0.1, -0.05) is 40.9 Å². The minimum absolute atomic E-state index is 0.0267. The SMILES string of the molecule is O=C(NC(=O)c1c(Cl)cccc1Cl)Nc1ccc(Cl)c(S(=O)C(F)(F)C(F)F)c1. The van der Waals surface area contributed by atoms with Crippen LogP contribution >= 0.6 is 34.8 Å². The van der Waals surface area contributed by atoms with Gasteiger partial charge in [-0.25, -0.2) is 17.8 Å². The number of carbonyl (C=O) groups excluding carboxylic acids is 2. The van der Waals surface area contributed by atoms with Gasteiger partial charge >= 0.3 is 17.7 Å². The van der Waals surface area contributed by atoms with E-state index in [0.717, 1.165) is 18.2 Å². The summed E-state index contributed by atoms with van der Waals surface area (Å²) in [4.78, 5) is 23.3. The van der Waals surface area contributed by atoms with Crippen LogP contribution in [0.3, 0.4) is 0 Å². The lowest BCUT2D eigenvalue weighted by Gasteiger charge is -2.16. The average Bonchev–Trinajstić information content (AvgIpc) is 2.62. The lowest BCUT2D eigenvalue weighted by Crippen LogP contribution is -2.35. The predicted octanol–water partition coefficient (Wildman–Crippen LogP) is 5.57. The molecule has 0 saturated carbocycles. The third-order valence-electron chi connectivity index (χ3n) is 3.31. The summed E-state index contributed by atoms with van der Waals surface area (Å²) in [5, 5.41) is -1.39. The standard InChI is InChI=1S/C16H9Cl3F4N2O3S/c17-8-5-4-7(6-11(8)29(28)16(22,23)14(20)21)24-15(27)25-13(26)12-9(18)2-1-3-10(12)19/h1-6,14H,(H2,24,25,26,27). The van der Waals surface area contributed by atoms with Crippen molar-refractivity contribution in [3.8, 4) is 0 Å². The van der Waals surface area contributed by atoms with Gasteiger partial charge in [-0.2, -0.15) is 8.78 Å². The van der Waals surface area contributed by atoms with E-state index in [-0.39, 0.29) is 21.3 Å². The average molecular weight is 492 g/mol. The Morgan fingerprint density at radius 3 is 2.14 bits per heavy atom. The molecule has 0 fully saturated rings. The van der Waals surface area contributed by atoms with E-state index in [4.69, 9.17) is 34.8 Å². The van der Waals surface area contributed by atoms with Crippen molar-refractivity contribution in [1.82, 2.24) is 5.32 Å². The van der Waals surface area contributed by atoms with Gasteiger partial charge in [-0.3, -0.25) is 10.1 Å². The zero-order valence-corrected chi connectivity index (χ0v) is 16.9. The highest BCUT2D eigenvalue weighted by atomic mass is 35.5. The summed E-state index contributed by atoms with van der Waals surface area (Å²) < 4.78 is 63.4. The number of rotatable bonds is 5. The van der Waals surface area contributed by atoms with Gasteiger partial charge in [0.05, 0.1) is 25.5 Å². The largest absolute Gasteiger partial charge is 0.384 e. The van der Waals surface area contributed by atoms with Crippen LogP contribution in [0.4, 0.5) is 28.0 Å². The minimum atomic E-state index is -4.86. The van der Waals surface area contributed by atoms with Crippen molar-refractivity contribution in [2.75, 3.05) is 5.32 Å². The first kappa shape index (κ1) is 23.4. The Kier molecular flexibility index (Phi) is 7.50. The highest BCUT2D eigenvalue weighted by Crippen LogP contribution is 2.35. The molecule has 0 spiro atoms. The van der Waals surface area contributed by atoms with Crippen LogP contribution in [-0.4, -0.2) is 27.8 Å². The molecule has 0 bridgehead atoms. The van der Waals surface area contributed by atoms with Crippen molar-refractivity contribution in [3.05, 3.63) is 57.0 Å². The molecule has 1 unspecified atom stereocenters. The van der Waals surface area contributed by atoms with Gasteiger partial charge in [-0.15, -0.1) is 0 Å². The van der Waals surface area contributed by atoms with Crippen molar-refractivity contribution in [1.29, 1.82) is 0 Å². The monoisotopic (exact) mass is 490 g/mol. The van der Waals surface area contributed by atoms with Crippen LogP contribution in [-0.2, 0) is 10.8 Å². The van der Waals surface area contributed by atoms with Gasteiger partial charge in [0, 0.05) is 5.69 Å². The molecule has 2 N–H and O–H groups in total. The molecule has 1 atom stereocenters. The molecular formula is C16H9Cl3F4N2O3S. The summed E-state index contributed by atoms with van der Waals surface area (Å²) in [6, 6.07) is 5.90. The summed E-state index contributed by atoms with van der Waals surface area (Å²) >= 11 is 17.4. The minimum Gasteiger partial charge on any atom is -0.308 e. The maximum atomic E-state index is 13.4. The molecule has 2 aromatic carbocycles. The molecule has 0 radical (unpaired) electrons. The fraction of sp³-hybridized carbons (Fsp3) is 0.125. The fourth-order valence-corrected chi connectivity index (χ4v) is 3.82. The Hall–Kier alpha value is -1.88. The number of hydrogen-bond acceptors (Lipinski definition) is 3. The first-order chi connectivity index (χ1) is 13.4. The summed E-state index contributed by atoms with van der Waals surface area (Å²) in [6.45, 7) is 0. The Morgan fingerprint density at radius 2 is 1.59 bits per heavy atom. The van der Waals surface area contributed by atoms with E-state index in [2.05, 4.69) is 5.32 Å². The van der Waals surface area contributed by atoms with E-state index in [1.54, 1.807) is 0 Å². The summed E-state index contributed by atoms with van der Waals surface area (Å²) in [5.41, 5.74) is -0.418. The quantitative estimate of drug-likeness (QED) is 0.537. The van der Waals surface area contributed by atoms with Crippen LogP contribution in [0.1, 0.15) is 10.4 Å². The van der Waals surface area contributed by atoms with E-state index in [9.17, 15) is 31.4 Å². The molecule has 0 aliphatic heterocycles. The molecule has 0 aliphatic carbocycles. The zero-order valence-electron chi connectivity index (χ0n) is 13.8. The highest BCUT2D eigenvalue weighted by molar-refractivity contribution is 7.86. The Morgan fingerprint density at radius 1 is 1.00 bits per heavy atom. The maximum Gasteiger partial charge on any atom is 0.384 e. The van der Waals surface area contributed by atoms with Gasteiger partial charge in [0.15, 0.2) is 0 Å². The number of imide groups is 1. The molecule has 0 aromatic heterocycles. The molecule has 3 amide bonds. The van der Waals surface area contributed by atoms with Gasteiger partial charge in [0.1, 0.15) is 10.8 Å². The number of carbonyl (C=O) groups is 2. The lowest BCUT2D eigenvalue weighted by atomic mass is 10.2. The molecule has 13 heteroatoms. The summed E-state index contributed by atoms with van der Waals surface area (Å²) in [6.07, 6.45) is -4.20. The zero-order chi connectivity index (χ0) is 21.9. The third kappa shape index (κ3) is 5.39. The van der Waals surface area contributed by atoms with Crippen LogP contribution in [0.25, 0.3) is 0 Å². The van der Waals surface area contributed by atoms with E-state index >= 15 is 0 Å². The van der Waals surface area contributed by atoms with Gasteiger partial charge in [0.25, 0.3) is 5.91 Å². The number of alkyl halides is 4. The maximum absolute atomic E-state index is 13.4. The molecule has 2 aromatic rings. The number of amides is 3. The second kappa shape index (κ2) is 9.29. The van der Waals surface area contributed by atoms with Crippen LogP contribution in [0.15, 0.2) is 41.3 Å². The Balaban J connectivity index is 2.19. The Labute approximate surface area is 178 Å². The molecule has 0 aliphatic rings. The number of urea groups is 1. The number of halogens is 7. The first-order valence-electron chi connectivity index (χ1n) is 7.39. The smallest absolute Gasteiger partial charge is 0.308 e. The van der Waals surface area contributed by atoms with E-state index in [1.807, 2.05) is 5.32 Å². The molecule has 0 saturated heterocycles. The van der Waals surface area contributed by atoms with Crippen molar-refractivity contribution in [2.45, 2.75) is 16.6 Å². The lowest BCUT2D eigenvalue weighted by molar-refractivity contribution is -0.0602. The molecule has 29 heavy (non-hydrogen) atoms. The van der Waals surface area contributed by atoms with E-state index in [0.29, 0.717) is 0 Å². The number of nitrogens with one attached hydrogen (secondary N) is 2. The molecular weight excluding hydrogens is 483 g/mol. The summed E-state index contributed by atoms with van der Waals surface area (Å²) in [5.74, 6) is -0.958. The van der Waals surface area contributed by atoms with Gasteiger partial charge < -0.3 is 5.32 Å². The Bertz CT molecular complexity index is 972. The first-order valence-corrected chi connectivity index (χ1v) is 9.67. The third-order valence-corrected chi connectivity index (χ3v) is 5.79. The normalized spacial score (nSPS) is 12.6. The number of benzene rings is 2. The van der Waals surface area contributed by atoms with Crippen LogP contribution in [0.2, 0.25) is 15.1 Å². The van der Waals surface area contributed by atoms with E-state index in [1.165, 1.54) is 18.2 Å². The number of hydrogen-bond donors (Lipinski definition) is 2. The number of anilines is 1. The van der Waals surface area contributed by atoms with Crippen molar-refractivity contribution in [3.63, 3.8) is 0 Å². The van der Waals surface area contributed by atoms with Crippen LogP contribution in [0.5, 0.6) is 0 Å². The molecule has 2 rings (SSSR count). The van der Waals surface area contributed by atoms with Crippen LogP contribution in [0, 0.1) is 0 Å². The molecule has 156 valence electrons. The predicted molar refractivity (Wildman–Crippen MR) is 102 cm³/mol.